The van der Waals surface area contributed by atoms with Gasteiger partial charge >= 0.3 is 0 Å². The van der Waals surface area contributed by atoms with Crippen molar-refractivity contribution in [3.63, 3.8) is 0 Å². The molecule has 148 valence electrons. The highest BCUT2D eigenvalue weighted by atomic mass is 79.9. The minimum Gasteiger partial charge on any atom is -0.490 e. The largest absolute Gasteiger partial charge is 0.490 e. The second-order valence-electron chi connectivity index (χ2n) is 6.06. The fourth-order valence-corrected chi connectivity index (χ4v) is 3.35. The number of nitrogens with one attached hydrogen (secondary N) is 2. The van der Waals surface area contributed by atoms with E-state index in [0.717, 1.165) is 39.3 Å². The van der Waals surface area contributed by atoms with Crippen LogP contribution in [0, 0.1) is 4.77 Å². The Bertz CT molecular complexity index is 972. The van der Waals surface area contributed by atoms with Crippen molar-refractivity contribution in [2.24, 2.45) is 0 Å². The first kappa shape index (κ1) is 20.4. The van der Waals surface area contributed by atoms with Gasteiger partial charge in [0.2, 0.25) is 4.77 Å². The number of benzene rings is 2. The Balaban J connectivity index is 1.84. The number of H-pyrrole nitrogens is 1. The lowest BCUT2D eigenvalue weighted by molar-refractivity contribution is 0.276. The van der Waals surface area contributed by atoms with Crippen LogP contribution in [0.4, 0.5) is 0 Å². The maximum atomic E-state index is 5.81. The van der Waals surface area contributed by atoms with Crippen LogP contribution in [0.2, 0.25) is 0 Å². The van der Waals surface area contributed by atoms with Gasteiger partial charge in [-0.25, -0.2) is 9.77 Å². The van der Waals surface area contributed by atoms with Crippen LogP contribution in [0.25, 0.3) is 11.4 Å². The molecule has 2 aromatic carbocycles. The van der Waals surface area contributed by atoms with Gasteiger partial charge in [0.05, 0.1) is 19.8 Å². The van der Waals surface area contributed by atoms with E-state index in [9.17, 15) is 0 Å². The average Bonchev–Trinajstić information content (AvgIpc) is 3.08. The SMILES string of the molecule is CCCOc1cc(Br)c(CNn2c(-c3ccccc3)n[nH]c2=S)cc1OCC. The molecule has 0 amide bonds. The molecule has 0 unspecified atom stereocenters. The lowest BCUT2D eigenvalue weighted by Crippen LogP contribution is -2.16. The third-order valence-corrected chi connectivity index (χ3v) is 5.02. The topological polar surface area (TPSA) is 64.1 Å². The van der Waals surface area contributed by atoms with Crippen LogP contribution in [0.3, 0.4) is 0 Å². The summed E-state index contributed by atoms with van der Waals surface area (Å²) in [5, 5.41) is 7.19. The van der Waals surface area contributed by atoms with Crippen molar-refractivity contribution in [2.45, 2.75) is 26.8 Å². The molecule has 1 aromatic heterocycles. The standard InChI is InChI=1S/C20H23BrN4O2S/c1-3-10-27-18-12-16(21)15(11-17(18)26-4-2)13-22-25-19(23-24-20(25)28)14-8-6-5-7-9-14/h5-9,11-12,22H,3-4,10,13H2,1-2H3,(H,24,28). The number of nitrogens with zero attached hydrogens (tertiary/aromatic N) is 2. The molecule has 6 nitrogen and oxygen atoms in total. The fraction of sp³-hybridized carbons (Fsp3) is 0.300. The molecule has 0 aliphatic heterocycles. The summed E-state index contributed by atoms with van der Waals surface area (Å²) in [7, 11) is 0. The van der Waals surface area contributed by atoms with E-state index in [1.165, 1.54) is 0 Å². The summed E-state index contributed by atoms with van der Waals surface area (Å²) in [5.74, 6) is 2.20. The highest BCUT2D eigenvalue weighted by Crippen LogP contribution is 2.34. The second-order valence-corrected chi connectivity index (χ2v) is 7.30. The van der Waals surface area contributed by atoms with Crippen molar-refractivity contribution in [2.75, 3.05) is 18.6 Å². The summed E-state index contributed by atoms with van der Waals surface area (Å²) in [6.07, 6.45) is 0.938. The van der Waals surface area contributed by atoms with E-state index in [1.54, 1.807) is 4.68 Å². The number of aromatic nitrogens is 3. The van der Waals surface area contributed by atoms with Gasteiger partial charge in [-0.05, 0) is 43.3 Å². The van der Waals surface area contributed by atoms with E-state index in [4.69, 9.17) is 21.7 Å². The van der Waals surface area contributed by atoms with Gasteiger partial charge in [0.1, 0.15) is 0 Å². The molecule has 3 rings (SSSR count). The van der Waals surface area contributed by atoms with Gasteiger partial charge in [-0.15, -0.1) is 0 Å². The van der Waals surface area contributed by atoms with Gasteiger partial charge in [0.15, 0.2) is 17.3 Å². The van der Waals surface area contributed by atoms with Crippen LogP contribution in [0.15, 0.2) is 46.9 Å². The van der Waals surface area contributed by atoms with Crippen LogP contribution in [-0.2, 0) is 6.54 Å². The second kappa shape index (κ2) is 9.75. The molecule has 0 fully saturated rings. The zero-order valence-electron chi connectivity index (χ0n) is 15.9. The van der Waals surface area contributed by atoms with Crippen molar-refractivity contribution >= 4 is 28.1 Å². The molecule has 1 heterocycles. The van der Waals surface area contributed by atoms with Gasteiger partial charge in [-0.1, -0.05) is 53.2 Å². The number of hydrogen-bond acceptors (Lipinski definition) is 5. The molecular weight excluding hydrogens is 440 g/mol. The predicted octanol–water partition coefficient (Wildman–Crippen LogP) is 5.30. The van der Waals surface area contributed by atoms with Crippen molar-refractivity contribution in [1.82, 2.24) is 14.9 Å². The number of halogens is 1. The maximum absolute atomic E-state index is 5.81. The fourth-order valence-electron chi connectivity index (χ4n) is 2.69. The molecule has 0 aliphatic rings. The van der Waals surface area contributed by atoms with Crippen LogP contribution in [0.1, 0.15) is 25.8 Å². The number of rotatable bonds is 9. The lowest BCUT2D eigenvalue weighted by atomic mass is 10.2. The average molecular weight is 463 g/mol. The van der Waals surface area contributed by atoms with E-state index in [2.05, 4.69) is 38.5 Å². The zero-order valence-corrected chi connectivity index (χ0v) is 18.3. The minimum absolute atomic E-state index is 0.503. The molecule has 28 heavy (non-hydrogen) atoms. The summed E-state index contributed by atoms with van der Waals surface area (Å²) in [6.45, 7) is 5.78. The van der Waals surface area contributed by atoms with E-state index in [0.29, 0.717) is 24.5 Å². The summed E-state index contributed by atoms with van der Waals surface area (Å²) >= 11 is 9.02. The first-order valence-corrected chi connectivity index (χ1v) is 10.4. The number of ether oxygens (including phenoxy) is 2. The van der Waals surface area contributed by atoms with Crippen LogP contribution in [0.5, 0.6) is 11.5 Å². The predicted molar refractivity (Wildman–Crippen MR) is 117 cm³/mol. The van der Waals surface area contributed by atoms with E-state index in [1.807, 2.05) is 49.4 Å². The van der Waals surface area contributed by atoms with Crippen LogP contribution >= 0.6 is 28.1 Å². The Morgan fingerprint density at radius 1 is 1.14 bits per heavy atom. The number of hydrogen-bond donors (Lipinski definition) is 2. The Morgan fingerprint density at radius 3 is 2.61 bits per heavy atom. The molecule has 3 aromatic rings. The molecule has 0 aliphatic carbocycles. The van der Waals surface area contributed by atoms with Crippen molar-refractivity contribution in [3.8, 4) is 22.9 Å². The van der Waals surface area contributed by atoms with Gasteiger partial charge < -0.3 is 14.9 Å². The molecule has 0 saturated heterocycles. The van der Waals surface area contributed by atoms with Crippen molar-refractivity contribution in [3.05, 3.63) is 57.3 Å². The molecular formula is C20H23BrN4O2S. The van der Waals surface area contributed by atoms with Crippen LogP contribution < -0.4 is 14.9 Å². The van der Waals surface area contributed by atoms with Gasteiger partial charge in [0.25, 0.3) is 0 Å². The van der Waals surface area contributed by atoms with Gasteiger partial charge in [0, 0.05) is 10.0 Å². The molecule has 0 spiro atoms. The molecule has 8 heteroatoms. The van der Waals surface area contributed by atoms with Crippen molar-refractivity contribution in [1.29, 1.82) is 0 Å². The molecule has 0 bridgehead atoms. The van der Waals surface area contributed by atoms with Gasteiger partial charge in [-0.2, -0.15) is 5.10 Å². The maximum Gasteiger partial charge on any atom is 0.214 e. The summed E-state index contributed by atoms with van der Waals surface area (Å²) in [5.41, 5.74) is 5.34. The third kappa shape index (κ3) is 4.74. The van der Waals surface area contributed by atoms with E-state index >= 15 is 0 Å². The Labute approximate surface area is 178 Å². The highest BCUT2D eigenvalue weighted by molar-refractivity contribution is 9.10. The summed E-state index contributed by atoms with van der Waals surface area (Å²) in [4.78, 5) is 0. The Kier molecular flexibility index (Phi) is 7.11. The molecule has 0 radical (unpaired) electrons. The smallest absolute Gasteiger partial charge is 0.214 e. The van der Waals surface area contributed by atoms with Gasteiger partial charge in [-0.3, -0.25) is 0 Å². The summed E-state index contributed by atoms with van der Waals surface area (Å²) < 4.78 is 14.8. The third-order valence-electron chi connectivity index (χ3n) is 4.01. The number of aromatic amines is 1. The van der Waals surface area contributed by atoms with E-state index < -0.39 is 0 Å². The highest BCUT2D eigenvalue weighted by Gasteiger charge is 2.13. The normalized spacial score (nSPS) is 10.7. The minimum atomic E-state index is 0.503. The zero-order chi connectivity index (χ0) is 19.9. The first-order valence-electron chi connectivity index (χ1n) is 9.18. The monoisotopic (exact) mass is 462 g/mol. The lowest BCUT2D eigenvalue weighted by Gasteiger charge is -2.16. The van der Waals surface area contributed by atoms with E-state index in [-0.39, 0.29) is 0 Å². The van der Waals surface area contributed by atoms with Crippen molar-refractivity contribution < 1.29 is 9.47 Å². The first-order chi connectivity index (χ1) is 13.6. The van der Waals surface area contributed by atoms with Crippen LogP contribution in [-0.4, -0.2) is 28.1 Å². The quantitative estimate of drug-likeness (QED) is 0.422. The Hall–Kier alpha value is -2.32. The summed E-state index contributed by atoms with van der Waals surface area (Å²) in [6, 6.07) is 13.8. The Morgan fingerprint density at radius 2 is 1.89 bits per heavy atom. The molecule has 2 N–H and O–H groups in total. The molecule has 0 saturated carbocycles. The molecule has 0 atom stereocenters.